The van der Waals surface area contributed by atoms with E-state index in [1.165, 1.54) is 43.4 Å². The summed E-state index contributed by atoms with van der Waals surface area (Å²) in [7, 11) is 1.29. The number of benzene rings is 5. The SMILES string of the molecule is CC(C)C[C@H](C(=O)N[C@H]1C(=O)C[C@@H](CC(N)=O)C(=O)N[C@H]2C(=O)C[C@H]3C(=O)N[C@H](C(=O)N[C@H](C(=O)CC4CC4)c4cc(O)cc(O)c4-c4cc3ccc4O)[C@H](O)c3ccc(c(Cl)c3)Oc3cc2cc(c3O[C@@H]2O[C@H](CO)[C@@H](O)[C@H](O)[C@H]2O)Oc2ccc(cc2Cl)[C@H]1O)N(C)C(=O)OC(C)(C)C. The molecule has 6 aliphatic heterocycles. The number of amides is 6. The predicted octanol–water partition coefficient (Wildman–Crippen LogP) is 4.78. The van der Waals surface area contributed by atoms with Crippen LogP contribution in [0.1, 0.15) is 138 Å². The van der Waals surface area contributed by atoms with E-state index in [0.29, 0.717) is 12.8 Å². The van der Waals surface area contributed by atoms with Crippen molar-refractivity contribution >= 4 is 76.2 Å². The molecule has 15 N–H and O–H groups in total. The minimum atomic E-state index is -2.18. The third kappa shape index (κ3) is 16.6. The number of nitrogens with zero attached hydrogens (tertiary/aromatic N) is 1. The van der Waals surface area contributed by atoms with Gasteiger partial charge in [0, 0.05) is 49.9 Å². The van der Waals surface area contributed by atoms with E-state index in [-0.39, 0.29) is 85.2 Å². The third-order valence-electron chi connectivity index (χ3n) is 18.0. The number of halogens is 2. The van der Waals surface area contributed by atoms with Crippen LogP contribution in [-0.2, 0) is 47.8 Å². The van der Waals surface area contributed by atoms with Crippen molar-refractivity contribution in [1.29, 1.82) is 0 Å². The fraction of sp³-hybridized carbons (Fsp3) is 0.443. The van der Waals surface area contributed by atoms with Gasteiger partial charge in [-0.3, -0.25) is 43.3 Å². The molecule has 11 bridgehead atoms. The quantitative estimate of drug-likeness (QED) is 0.0754. The second kappa shape index (κ2) is 30.2. The lowest BCUT2D eigenvalue weighted by Gasteiger charge is -2.39. The maximum atomic E-state index is 16.1. The van der Waals surface area contributed by atoms with Gasteiger partial charge >= 0.3 is 6.09 Å². The van der Waals surface area contributed by atoms with Gasteiger partial charge < -0.3 is 96.6 Å². The minimum Gasteiger partial charge on any atom is -0.508 e. The summed E-state index contributed by atoms with van der Waals surface area (Å²) in [5.41, 5.74) is 3.03. The first kappa shape index (κ1) is 74.5. The number of rotatable bonds is 13. The van der Waals surface area contributed by atoms with Crippen LogP contribution in [0.2, 0.25) is 10.0 Å². The largest absolute Gasteiger partial charge is 0.508 e. The van der Waals surface area contributed by atoms with Crippen LogP contribution in [0.5, 0.6) is 46.0 Å². The summed E-state index contributed by atoms with van der Waals surface area (Å²) in [5.74, 6) is -17.4. The number of phenolic OH excluding ortho intramolecular Hbond substituents is 3. The molecule has 0 spiro atoms. The van der Waals surface area contributed by atoms with E-state index >= 15 is 24.0 Å². The number of fused-ring (bicyclic) bond motifs is 15. The molecule has 1 saturated carbocycles. The number of aromatic hydroxyl groups is 3. The van der Waals surface area contributed by atoms with E-state index < -0.39 is 204 Å². The van der Waals surface area contributed by atoms with Crippen molar-refractivity contribution in [2.24, 2.45) is 23.5 Å². The maximum absolute atomic E-state index is 16.1. The number of Topliss-reactive ketones (excluding diaryl/α,β-unsaturated/α-hetero) is 3. The van der Waals surface area contributed by atoms with Crippen LogP contribution >= 0.6 is 23.2 Å². The molecular weight excluding hydrogens is 1360 g/mol. The summed E-state index contributed by atoms with van der Waals surface area (Å²) in [4.78, 5) is 134. The highest BCUT2D eigenvalue weighted by molar-refractivity contribution is 6.32. The summed E-state index contributed by atoms with van der Waals surface area (Å²) in [6, 6.07) is 5.17. The van der Waals surface area contributed by atoms with Gasteiger partial charge in [-0.05, 0) is 134 Å². The van der Waals surface area contributed by atoms with E-state index in [9.17, 15) is 65.1 Å². The molecule has 101 heavy (non-hydrogen) atoms. The highest BCUT2D eigenvalue weighted by Gasteiger charge is 2.47. The van der Waals surface area contributed by atoms with Gasteiger partial charge in [0.2, 0.25) is 41.6 Å². The van der Waals surface area contributed by atoms with Crippen molar-refractivity contribution in [2.45, 2.75) is 164 Å². The first-order chi connectivity index (χ1) is 47.6. The maximum Gasteiger partial charge on any atom is 0.410 e. The van der Waals surface area contributed by atoms with Gasteiger partial charge in [0.15, 0.2) is 28.8 Å². The molecule has 7 aliphatic rings. The third-order valence-corrected chi connectivity index (χ3v) is 18.6. The van der Waals surface area contributed by atoms with E-state index in [4.69, 9.17) is 52.6 Å². The molecule has 6 amide bonds. The topological polar surface area (TPSA) is 459 Å². The molecule has 0 radical (unpaired) electrons. The number of carbonyl (C=O) groups is 9. The van der Waals surface area contributed by atoms with Crippen LogP contribution in [0.15, 0.2) is 78.9 Å². The Morgan fingerprint density at radius 1 is 0.703 bits per heavy atom. The number of nitrogens with one attached hydrogen (secondary N) is 4. The number of hydrogen-bond donors (Lipinski definition) is 14. The summed E-state index contributed by atoms with van der Waals surface area (Å²) < 4.78 is 30.8. The summed E-state index contributed by atoms with van der Waals surface area (Å²) in [5, 5.41) is 113. The molecule has 1 saturated heterocycles. The highest BCUT2D eigenvalue weighted by Crippen LogP contribution is 2.50. The van der Waals surface area contributed by atoms with Crippen LogP contribution in [0.25, 0.3) is 11.1 Å². The van der Waals surface area contributed by atoms with Crippen LogP contribution in [0.4, 0.5) is 4.79 Å². The molecule has 5 aromatic carbocycles. The standard InChI is InChI=1S/C70H78Cl2N6O23/c1-28(2)15-41(78(6)69(96)101-70(3,4)5)66(94)76-56-45(84)20-34(23-52(73)86)64(92)74-54-33-21-49(97-47-13-10-31(58(56)87)18-39(47)71)63(100-68-62(91)61(90)60(89)51(27-79)99-68)50(22-33)98-48-14-11-32(19-40(48)72)59(88)57-67(95)75-55(44(83)16-29-7-8-29)38-24-35(80)25-43(82)53(38)37-17-30(9-12-42(37)81)36(26-46(54)85)65(93)77-57/h9-14,17-19,21-22,24-25,28-29,34,36,41,51,54-62,68,79-82,87-91H,7-8,15-16,20,23,26-27H2,1-6H3,(H2,73,86)(H,74,92)(H,75,95)(H,76,94)(H,77,93)/t34-,36+,41+,51+,54+,55-,56-,57-,58+,59+,60+,61-,62+,68-/m0/s1. The first-order valence-electron chi connectivity index (χ1n) is 32.5. The Bertz CT molecular complexity index is 4100. The molecule has 0 unspecified atom stereocenters. The Labute approximate surface area is 587 Å². The Morgan fingerprint density at radius 2 is 1.33 bits per heavy atom. The van der Waals surface area contributed by atoms with E-state index in [0.717, 1.165) is 47.4 Å². The van der Waals surface area contributed by atoms with Crippen molar-refractivity contribution in [3.8, 4) is 57.1 Å². The monoisotopic (exact) mass is 1440 g/mol. The zero-order valence-corrected chi connectivity index (χ0v) is 56.9. The molecule has 6 heterocycles. The Hall–Kier alpha value is -9.17. The number of phenols is 3. The average molecular weight is 1440 g/mol. The van der Waals surface area contributed by atoms with Crippen LogP contribution < -0.4 is 41.2 Å². The zero-order valence-electron chi connectivity index (χ0n) is 55.4. The number of aliphatic hydroxyl groups is 6. The lowest BCUT2D eigenvalue weighted by Crippen LogP contribution is -2.60. The van der Waals surface area contributed by atoms with Crippen molar-refractivity contribution in [1.82, 2.24) is 26.2 Å². The van der Waals surface area contributed by atoms with Crippen molar-refractivity contribution < 1.29 is 113 Å². The fourth-order valence-electron chi connectivity index (χ4n) is 12.6. The van der Waals surface area contributed by atoms with Crippen LogP contribution in [-0.4, -0.2) is 172 Å². The van der Waals surface area contributed by atoms with Gasteiger partial charge in [0.25, 0.3) is 0 Å². The average Bonchev–Trinajstić information content (AvgIpc) is 1.57. The zero-order chi connectivity index (χ0) is 73.5. The molecule has 0 aromatic heterocycles. The number of carbonyl (C=O) groups excluding carboxylic acids is 9. The van der Waals surface area contributed by atoms with Gasteiger partial charge in [-0.25, -0.2) is 4.79 Å². The summed E-state index contributed by atoms with van der Waals surface area (Å²) in [6.07, 6.45) is -16.8. The number of primary amides is 1. The first-order valence-corrected chi connectivity index (χ1v) is 33.2. The molecule has 1 aliphatic carbocycles. The fourth-order valence-corrected chi connectivity index (χ4v) is 13.0. The Balaban J connectivity index is 1.20. The number of likely N-dealkylation sites (N-methyl/N-ethyl adjacent to an activating group) is 1. The van der Waals surface area contributed by atoms with Crippen LogP contribution in [0, 0.1) is 17.8 Å². The molecule has 5 aromatic rings. The summed E-state index contributed by atoms with van der Waals surface area (Å²) >= 11 is 14.1. The van der Waals surface area contributed by atoms with Gasteiger partial charge in [-0.2, -0.15) is 0 Å². The van der Waals surface area contributed by atoms with E-state index in [1.54, 1.807) is 34.6 Å². The lowest BCUT2D eigenvalue weighted by molar-refractivity contribution is -0.277. The molecule has 540 valence electrons. The van der Waals surface area contributed by atoms with Crippen molar-refractivity contribution in [3.05, 3.63) is 117 Å². The van der Waals surface area contributed by atoms with Crippen LogP contribution in [0.3, 0.4) is 0 Å². The van der Waals surface area contributed by atoms with Gasteiger partial charge in [0.1, 0.15) is 101 Å². The number of aliphatic hydroxyl groups excluding tert-OH is 6. The predicted molar refractivity (Wildman–Crippen MR) is 355 cm³/mol. The minimum absolute atomic E-state index is 0.0208. The van der Waals surface area contributed by atoms with Gasteiger partial charge in [-0.15, -0.1) is 0 Å². The molecule has 29 nitrogen and oxygen atoms in total. The second-order valence-electron chi connectivity index (χ2n) is 27.3. The summed E-state index contributed by atoms with van der Waals surface area (Å²) in [6.45, 7) is 7.37. The molecule has 14 atom stereocenters. The number of ketones is 3. The van der Waals surface area contributed by atoms with E-state index in [1.807, 2.05) is 0 Å². The number of ether oxygens (including phenoxy) is 5. The number of nitrogens with two attached hydrogens (primary N) is 1. The Kier molecular flexibility index (Phi) is 22.3. The van der Waals surface area contributed by atoms with Gasteiger partial charge in [0.05, 0.1) is 28.5 Å². The molecule has 31 heteroatoms. The molecular formula is C70H78Cl2N6O23. The highest BCUT2D eigenvalue weighted by atomic mass is 35.5. The molecule has 12 rings (SSSR count). The number of hydrogen-bond acceptors (Lipinski definition) is 23. The smallest absolute Gasteiger partial charge is 0.410 e. The van der Waals surface area contributed by atoms with Gasteiger partial charge in [-0.1, -0.05) is 55.2 Å². The normalized spacial score (nSPS) is 25.8. The Morgan fingerprint density at radius 3 is 1.91 bits per heavy atom. The second-order valence-corrected chi connectivity index (χ2v) is 28.1. The van der Waals surface area contributed by atoms with E-state index in [2.05, 4.69) is 21.3 Å². The molecule has 2 fully saturated rings. The van der Waals surface area contributed by atoms with Crippen molar-refractivity contribution in [2.75, 3.05) is 13.7 Å². The van der Waals surface area contributed by atoms with Crippen molar-refractivity contribution in [3.63, 3.8) is 0 Å². The lowest BCUT2D eigenvalue weighted by atomic mass is 9.84.